The first-order valence-corrected chi connectivity index (χ1v) is 7.13. The van der Waals surface area contributed by atoms with Crippen LogP contribution in [0.1, 0.15) is 22.5 Å². The molecule has 1 aliphatic rings. The molecule has 3 rings (SSSR count). The van der Waals surface area contributed by atoms with Gasteiger partial charge in [0.2, 0.25) is 0 Å². The summed E-state index contributed by atoms with van der Waals surface area (Å²) in [6, 6.07) is 3.18. The molecule has 110 valence electrons. The van der Waals surface area contributed by atoms with Crippen molar-refractivity contribution in [3.63, 3.8) is 0 Å². The van der Waals surface area contributed by atoms with Crippen molar-refractivity contribution in [1.82, 2.24) is 4.98 Å². The number of nitrogens with two attached hydrogens (primary N) is 1. The van der Waals surface area contributed by atoms with Crippen LogP contribution >= 0.6 is 11.3 Å². The van der Waals surface area contributed by atoms with Crippen LogP contribution in [-0.4, -0.2) is 16.9 Å². The number of nitrogens with one attached hydrogen (secondary N) is 2. The lowest BCUT2D eigenvalue weighted by molar-refractivity contribution is 0.103. The third-order valence-corrected chi connectivity index (χ3v) is 3.89. The predicted octanol–water partition coefficient (Wildman–Crippen LogP) is 2.83. The SMILES string of the molecule is Nc1nc(NC2CC2)sc1C(=O)Nc1cc(F)cc(F)c1. The highest BCUT2D eigenvalue weighted by molar-refractivity contribution is 7.18. The van der Waals surface area contributed by atoms with Crippen LogP contribution in [-0.2, 0) is 0 Å². The first-order chi connectivity index (χ1) is 10.0. The van der Waals surface area contributed by atoms with E-state index in [-0.39, 0.29) is 16.4 Å². The Hall–Kier alpha value is -2.22. The molecule has 0 spiro atoms. The number of hydrogen-bond acceptors (Lipinski definition) is 5. The normalized spacial score (nSPS) is 14.0. The number of aromatic nitrogens is 1. The number of benzene rings is 1. The van der Waals surface area contributed by atoms with Crippen molar-refractivity contribution in [3.05, 3.63) is 34.7 Å². The fourth-order valence-corrected chi connectivity index (χ4v) is 2.63. The maximum absolute atomic E-state index is 13.1. The van der Waals surface area contributed by atoms with E-state index in [0.717, 1.165) is 42.4 Å². The Kier molecular flexibility index (Phi) is 3.46. The van der Waals surface area contributed by atoms with Gasteiger partial charge in [0.15, 0.2) is 5.13 Å². The Morgan fingerprint density at radius 2 is 1.95 bits per heavy atom. The average Bonchev–Trinajstić information content (AvgIpc) is 3.10. The molecule has 0 saturated heterocycles. The van der Waals surface area contributed by atoms with Crippen LogP contribution in [0.25, 0.3) is 0 Å². The van der Waals surface area contributed by atoms with E-state index < -0.39 is 17.5 Å². The van der Waals surface area contributed by atoms with Crippen LogP contribution in [0.3, 0.4) is 0 Å². The van der Waals surface area contributed by atoms with Crippen LogP contribution in [0, 0.1) is 11.6 Å². The van der Waals surface area contributed by atoms with Crippen LogP contribution in [0.2, 0.25) is 0 Å². The molecule has 0 bridgehead atoms. The van der Waals surface area contributed by atoms with Crippen molar-refractivity contribution in [2.75, 3.05) is 16.4 Å². The molecule has 2 aromatic rings. The van der Waals surface area contributed by atoms with E-state index in [2.05, 4.69) is 15.6 Å². The fraction of sp³-hybridized carbons (Fsp3) is 0.231. The number of rotatable bonds is 4. The van der Waals surface area contributed by atoms with Gasteiger partial charge in [-0.05, 0) is 25.0 Å². The summed E-state index contributed by atoms with van der Waals surface area (Å²) >= 11 is 1.12. The van der Waals surface area contributed by atoms with Gasteiger partial charge in [-0.1, -0.05) is 11.3 Å². The number of carbonyl (C=O) groups excluding carboxylic acids is 1. The lowest BCUT2D eigenvalue weighted by Gasteiger charge is -2.04. The lowest BCUT2D eigenvalue weighted by atomic mass is 10.3. The Morgan fingerprint density at radius 1 is 1.29 bits per heavy atom. The van der Waals surface area contributed by atoms with Crippen LogP contribution < -0.4 is 16.4 Å². The number of amides is 1. The van der Waals surface area contributed by atoms with Gasteiger partial charge in [-0.2, -0.15) is 0 Å². The zero-order chi connectivity index (χ0) is 15.0. The molecular weight excluding hydrogens is 298 g/mol. The number of nitrogen functional groups attached to an aromatic ring is 1. The van der Waals surface area contributed by atoms with Crippen molar-refractivity contribution in [1.29, 1.82) is 0 Å². The zero-order valence-corrected chi connectivity index (χ0v) is 11.6. The lowest BCUT2D eigenvalue weighted by Crippen LogP contribution is -2.12. The topological polar surface area (TPSA) is 80.0 Å². The minimum atomic E-state index is -0.765. The zero-order valence-electron chi connectivity index (χ0n) is 10.8. The van der Waals surface area contributed by atoms with Gasteiger partial charge in [0.25, 0.3) is 5.91 Å². The van der Waals surface area contributed by atoms with E-state index in [1.165, 1.54) is 0 Å². The molecule has 1 fully saturated rings. The summed E-state index contributed by atoms with van der Waals surface area (Å²) in [7, 11) is 0. The fourth-order valence-electron chi connectivity index (χ4n) is 1.77. The maximum atomic E-state index is 13.1. The predicted molar refractivity (Wildman–Crippen MR) is 77.5 cm³/mol. The van der Waals surface area contributed by atoms with Crippen molar-refractivity contribution < 1.29 is 13.6 Å². The van der Waals surface area contributed by atoms with Gasteiger partial charge < -0.3 is 16.4 Å². The summed E-state index contributed by atoms with van der Waals surface area (Å²) in [6.45, 7) is 0. The Labute approximate surface area is 123 Å². The molecule has 1 amide bonds. The number of thiazole rings is 1. The number of anilines is 3. The molecule has 5 nitrogen and oxygen atoms in total. The maximum Gasteiger partial charge on any atom is 0.269 e. The highest BCUT2D eigenvalue weighted by atomic mass is 32.1. The quantitative estimate of drug-likeness (QED) is 0.811. The Morgan fingerprint density at radius 3 is 2.57 bits per heavy atom. The van der Waals surface area contributed by atoms with E-state index in [9.17, 15) is 13.6 Å². The third kappa shape index (κ3) is 3.27. The highest BCUT2D eigenvalue weighted by Crippen LogP contribution is 2.31. The van der Waals surface area contributed by atoms with Gasteiger partial charge in [-0.15, -0.1) is 0 Å². The molecule has 0 radical (unpaired) electrons. The van der Waals surface area contributed by atoms with Crippen LogP contribution in [0.4, 0.5) is 25.4 Å². The molecule has 1 aromatic carbocycles. The smallest absolute Gasteiger partial charge is 0.269 e. The minimum absolute atomic E-state index is 0.0296. The summed E-state index contributed by atoms with van der Waals surface area (Å²) in [5.74, 6) is -1.98. The second-order valence-electron chi connectivity index (χ2n) is 4.76. The molecule has 1 aromatic heterocycles. The monoisotopic (exact) mass is 310 g/mol. The minimum Gasteiger partial charge on any atom is -0.382 e. The Bertz CT molecular complexity index is 679. The van der Waals surface area contributed by atoms with Crippen LogP contribution in [0.5, 0.6) is 0 Å². The molecule has 4 N–H and O–H groups in total. The van der Waals surface area contributed by atoms with E-state index in [1.807, 2.05) is 0 Å². The van der Waals surface area contributed by atoms with Crippen molar-refractivity contribution in [3.8, 4) is 0 Å². The van der Waals surface area contributed by atoms with Gasteiger partial charge in [-0.25, -0.2) is 13.8 Å². The van der Waals surface area contributed by atoms with E-state index in [1.54, 1.807) is 0 Å². The summed E-state index contributed by atoms with van der Waals surface area (Å²) in [5.41, 5.74) is 5.73. The summed E-state index contributed by atoms with van der Waals surface area (Å²) in [6.07, 6.45) is 2.15. The number of nitrogens with zero attached hydrogens (tertiary/aromatic N) is 1. The Balaban J connectivity index is 1.76. The first kappa shape index (κ1) is 13.7. The molecule has 1 aliphatic carbocycles. The number of carbonyl (C=O) groups is 1. The molecule has 0 atom stereocenters. The molecule has 1 saturated carbocycles. The average molecular weight is 310 g/mol. The molecule has 1 heterocycles. The summed E-state index contributed by atoms with van der Waals surface area (Å²) in [4.78, 5) is 16.4. The first-order valence-electron chi connectivity index (χ1n) is 6.31. The van der Waals surface area contributed by atoms with Crippen molar-refractivity contribution in [2.45, 2.75) is 18.9 Å². The third-order valence-electron chi connectivity index (χ3n) is 2.88. The highest BCUT2D eigenvalue weighted by Gasteiger charge is 2.24. The molecule has 0 unspecified atom stereocenters. The molecule has 0 aliphatic heterocycles. The second kappa shape index (κ2) is 5.28. The van der Waals surface area contributed by atoms with Crippen molar-refractivity contribution >= 4 is 33.9 Å². The molecular formula is C13H12F2N4OS. The van der Waals surface area contributed by atoms with E-state index in [4.69, 9.17) is 5.73 Å². The molecule has 21 heavy (non-hydrogen) atoms. The standard InChI is InChI=1S/C13H12F2N4OS/c14-6-3-7(15)5-9(4-6)17-12(20)10-11(16)19-13(21-10)18-8-1-2-8/h3-5,8H,1-2,16H2,(H,17,20)(H,18,19). The largest absolute Gasteiger partial charge is 0.382 e. The second-order valence-corrected chi connectivity index (χ2v) is 5.76. The number of hydrogen-bond donors (Lipinski definition) is 3. The summed E-state index contributed by atoms with van der Waals surface area (Å²) < 4.78 is 26.2. The van der Waals surface area contributed by atoms with Crippen molar-refractivity contribution in [2.24, 2.45) is 0 Å². The summed E-state index contributed by atoms with van der Waals surface area (Å²) in [5, 5.41) is 6.12. The van der Waals surface area contributed by atoms with Gasteiger partial charge in [0, 0.05) is 17.8 Å². The van der Waals surface area contributed by atoms with Gasteiger partial charge in [0.1, 0.15) is 22.3 Å². The van der Waals surface area contributed by atoms with Gasteiger partial charge in [-0.3, -0.25) is 4.79 Å². The number of halogens is 2. The van der Waals surface area contributed by atoms with Gasteiger partial charge >= 0.3 is 0 Å². The molecule has 8 heteroatoms. The van der Waals surface area contributed by atoms with Crippen LogP contribution in [0.15, 0.2) is 18.2 Å². The van der Waals surface area contributed by atoms with E-state index in [0.29, 0.717) is 11.2 Å². The van der Waals surface area contributed by atoms with E-state index >= 15 is 0 Å². The van der Waals surface area contributed by atoms with Gasteiger partial charge in [0.05, 0.1) is 0 Å².